The fourth-order valence-electron chi connectivity index (χ4n) is 2.51. The number of benzene rings is 1. The summed E-state index contributed by atoms with van der Waals surface area (Å²) in [5, 5.41) is -0.624. The number of anilines is 2. The smallest absolute Gasteiger partial charge is 0.343 e. The first-order valence-corrected chi connectivity index (χ1v) is 8.87. The number of carbonyl (C=O) groups is 3. The number of thioether (sulfide) groups is 1. The molecule has 0 unspecified atom stereocenters. The molecule has 1 aliphatic heterocycles. The molecule has 1 aliphatic rings. The predicted octanol–water partition coefficient (Wildman–Crippen LogP) is 1.80. The first kappa shape index (κ1) is 18.8. The van der Waals surface area contributed by atoms with Crippen molar-refractivity contribution in [2.24, 2.45) is 0 Å². The van der Waals surface area contributed by atoms with E-state index in [2.05, 4.69) is 9.97 Å². The van der Waals surface area contributed by atoms with Gasteiger partial charge in [-0.15, -0.1) is 0 Å². The third-order valence-electron chi connectivity index (χ3n) is 3.71. The summed E-state index contributed by atoms with van der Waals surface area (Å²) in [6.07, 6.45) is 1.14. The van der Waals surface area contributed by atoms with Crippen LogP contribution in [0.4, 0.5) is 15.9 Å². The van der Waals surface area contributed by atoms with Crippen molar-refractivity contribution in [1.82, 2.24) is 9.97 Å². The Morgan fingerprint density at radius 2 is 2.22 bits per heavy atom. The predicted molar refractivity (Wildman–Crippen MR) is 95.6 cm³/mol. The highest BCUT2D eigenvalue weighted by Gasteiger charge is 2.40. The molecule has 0 saturated carbocycles. The lowest BCUT2D eigenvalue weighted by Crippen LogP contribution is -2.31. The van der Waals surface area contributed by atoms with E-state index in [1.54, 1.807) is 6.92 Å². The van der Waals surface area contributed by atoms with Gasteiger partial charge in [-0.1, -0.05) is 17.8 Å². The number of hydrogen-bond acceptors (Lipinski definition) is 8. The van der Waals surface area contributed by atoms with Crippen LogP contribution in [-0.2, 0) is 14.3 Å². The molecule has 140 valence electrons. The molecular weight excluding hydrogens is 375 g/mol. The molecule has 1 atom stereocenters. The first-order valence-electron chi connectivity index (χ1n) is 7.99. The van der Waals surface area contributed by atoms with E-state index in [-0.39, 0.29) is 35.3 Å². The topological polar surface area (TPSA) is 115 Å². The minimum atomic E-state index is -0.770. The summed E-state index contributed by atoms with van der Waals surface area (Å²) < 4.78 is 18.2. The Labute approximate surface area is 157 Å². The number of amides is 2. The van der Waals surface area contributed by atoms with E-state index < -0.39 is 28.9 Å². The maximum atomic E-state index is 13.4. The maximum absolute atomic E-state index is 13.4. The van der Waals surface area contributed by atoms with Gasteiger partial charge in [0.1, 0.15) is 22.4 Å². The molecule has 0 aliphatic carbocycles. The van der Waals surface area contributed by atoms with Crippen molar-refractivity contribution >= 4 is 41.1 Å². The fraction of sp³-hybridized carbons (Fsp3) is 0.235. The standard InChI is InChI=1S/C17H15FN4O4S/c1-2-26-16(25)11-8-20-17(21-14(11)19)27-12-7-13(23)22(15(12)24)10-5-3-4-9(18)6-10/h3-6,8,12H,2,7H2,1H3,(H2,19,20,21)/t12-/m0/s1. The van der Waals surface area contributed by atoms with Crippen LogP contribution in [0.5, 0.6) is 0 Å². The van der Waals surface area contributed by atoms with Crippen LogP contribution in [0.25, 0.3) is 0 Å². The Balaban J connectivity index is 1.77. The van der Waals surface area contributed by atoms with Crippen LogP contribution in [0.3, 0.4) is 0 Å². The second-order valence-corrected chi connectivity index (χ2v) is 6.70. The summed E-state index contributed by atoms with van der Waals surface area (Å²) in [4.78, 5) is 45.5. The molecule has 2 N–H and O–H groups in total. The molecule has 8 nitrogen and oxygen atoms in total. The zero-order chi connectivity index (χ0) is 19.6. The van der Waals surface area contributed by atoms with Gasteiger partial charge in [-0.25, -0.2) is 24.1 Å². The number of halogens is 1. The molecule has 1 saturated heterocycles. The lowest BCUT2D eigenvalue weighted by molar-refractivity contribution is -0.121. The Hall–Kier alpha value is -3.01. The summed E-state index contributed by atoms with van der Waals surface area (Å²) >= 11 is 0.953. The van der Waals surface area contributed by atoms with E-state index in [9.17, 15) is 18.8 Å². The molecule has 1 fully saturated rings. The van der Waals surface area contributed by atoms with E-state index in [1.807, 2.05) is 0 Å². The van der Waals surface area contributed by atoms with Crippen molar-refractivity contribution in [2.45, 2.75) is 23.8 Å². The Morgan fingerprint density at radius 1 is 1.44 bits per heavy atom. The van der Waals surface area contributed by atoms with Gasteiger partial charge < -0.3 is 10.5 Å². The Kier molecular flexibility index (Phi) is 5.36. The fourth-order valence-corrected chi connectivity index (χ4v) is 3.46. The molecule has 10 heteroatoms. The Morgan fingerprint density at radius 3 is 2.89 bits per heavy atom. The van der Waals surface area contributed by atoms with Gasteiger partial charge in [0.15, 0.2) is 5.16 Å². The highest BCUT2D eigenvalue weighted by atomic mass is 32.2. The van der Waals surface area contributed by atoms with Gasteiger partial charge in [-0.2, -0.15) is 0 Å². The number of nitrogen functional groups attached to an aromatic ring is 1. The molecule has 0 radical (unpaired) electrons. The van der Waals surface area contributed by atoms with E-state index >= 15 is 0 Å². The molecular formula is C17H15FN4O4S. The zero-order valence-electron chi connectivity index (χ0n) is 14.2. The molecule has 2 aromatic rings. The quantitative estimate of drug-likeness (QED) is 0.467. The van der Waals surface area contributed by atoms with Crippen molar-refractivity contribution in [3.8, 4) is 0 Å². The second-order valence-electron chi connectivity index (χ2n) is 5.53. The van der Waals surface area contributed by atoms with Crippen LogP contribution in [0.1, 0.15) is 23.7 Å². The van der Waals surface area contributed by atoms with Gasteiger partial charge in [0.2, 0.25) is 11.8 Å². The van der Waals surface area contributed by atoms with Crippen LogP contribution < -0.4 is 10.6 Å². The highest BCUT2D eigenvalue weighted by molar-refractivity contribution is 8.00. The van der Waals surface area contributed by atoms with Crippen LogP contribution in [0.15, 0.2) is 35.6 Å². The van der Waals surface area contributed by atoms with Crippen molar-refractivity contribution < 1.29 is 23.5 Å². The van der Waals surface area contributed by atoms with Gasteiger partial charge in [0, 0.05) is 12.6 Å². The number of nitrogens with two attached hydrogens (primary N) is 1. The number of carbonyl (C=O) groups excluding carboxylic acids is 3. The van der Waals surface area contributed by atoms with Gasteiger partial charge in [0.25, 0.3) is 0 Å². The largest absolute Gasteiger partial charge is 0.462 e. The minimum absolute atomic E-state index is 0.0245. The van der Waals surface area contributed by atoms with Crippen molar-refractivity contribution in [1.29, 1.82) is 0 Å². The second kappa shape index (κ2) is 7.70. The number of ether oxygens (including phenoxy) is 1. The van der Waals surface area contributed by atoms with E-state index in [0.29, 0.717) is 0 Å². The van der Waals surface area contributed by atoms with Crippen molar-refractivity contribution in [2.75, 3.05) is 17.2 Å². The summed E-state index contributed by atoms with van der Waals surface area (Å²) in [6.45, 7) is 1.84. The van der Waals surface area contributed by atoms with Gasteiger partial charge in [0.05, 0.1) is 12.3 Å². The molecule has 0 spiro atoms. The highest BCUT2D eigenvalue weighted by Crippen LogP contribution is 2.33. The number of rotatable bonds is 5. The lowest BCUT2D eigenvalue weighted by Gasteiger charge is -2.14. The van der Waals surface area contributed by atoms with E-state index in [4.69, 9.17) is 10.5 Å². The van der Waals surface area contributed by atoms with E-state index in [1.165, 1.54) is 24.4 Å². The molecule has 2 amide bonds. The van der Waals surface area contributed by atoms with Crippen LogP contribution in [0.2, 0.25) is 0 Å². The molecule has 1 aromatic carbocycles. The molecule has 2 heterocycles. The number of hydrogen-bond donors (Lipinski definition) is 1. The normalized spacial score (nSPS) is 16.7. The number of nitrogens with zero attached hydrogens (tertiary/aromatic N) is 3. The third kappa shape index (κ3) is 3.90. The van der Waals surface area contributed by atoms with Crippen molar-refractivity contribution in [3.63, 3.8) is 0 Å². The molecule has 3 rings (SSSR count). The molecule has 1 aromatic heterocycles. The van der Waals surface area contributed by atoms with Crippen LogP contribution >= 0.6 is 11.8 Å². The summed E-state index contributed by atoms with van der Waals surface area (Å²) in [7, 11) is 0. The first-order chi connectivity index (χ1) is 12.9. The molecule has 27 heavy (non-hydrogen) atoms. The summed E-state index contributed by atoms with van der Waals surface area (Å²) in [5.41, 5.74) is 5.95. The minimum Gasteiger partial charge on any atom is -0.462 e. The summed E-state index contributed by atoms with van der Waals surface area (Å²) in [5.74, 6) is -2.21. The zero-order valence-corrected chi connectivity index (χ0v) is 15.0. The van der Waals surface area contributed by atoms with Gasteiger partial charge >= 0.3 is 5.97 Å². The van der Waals surface area contributed by atoms with Crippen LogP contribution in [-0.4, -0.2) is 39.6 Å². The van der Waals surface area contributed by atoms with Gasteiger partial charge in [-0.3, -0.25) is 9.59 Å². The Bertz CT molecular complexity index is 924. The average molecular weight is 390 g/mol. The van der Waals surface area contributed by atoms with Crippen molar-refractivity contribution in [3.05, 3.63) is 41.8 Å². The SMILES string of the molecule is CCOC(=O)c1cnc(S[C@H]2CC(=O)N(c3cccc(F)c3)C2=O)nc1N. The van der Waals surface area contributed by atoms with E-state index in [0.717, 1.165) is 22.7 Å². The molecule has 0 bridgehead atoms. The van der Waals surface area contributed by atoms with Crippen LogP contribution in [0, 0.1) is 5.82 Å². The summed E-state index contributed by atoms with van der Waals surface area (Å²) in [6, 6.07) is 5.24. The maximum Gasteiger partial charge on any atom is 0.343 e. The third-order valence-corrected chi connectivity index (χ3v) is 4.77. The van der Waals surface area contributed by atoms with Gasteiger partial charge in [-0.05, 0) is 25.1 Å². The number of aromatic nitrogens is 2. The lowest BCUT2D eigenvalue weighted by atomic mass is 10.3. The number of esters is 1. The monoisotopic (exact) mass is 390 g/mol. The number of imide groups is 1. The average Bonchev–Trinajstić information content (AvgIpc) is 2.88.